The molecule has 0 aromatic heterocycles. The van der Waals surface area contributed by atoms with E-state index in [1.165, 1.54) is 5.56 Å². The molecule has 4 nitrogen and oxygen atoms in total. The van der Waals surface area contributed by atoms with Crippen molar-refractivity contribution in [2.75, 3.05) is 32.8 Å². The van der Waals surface area contributed by atoms with Crippen molar-refractivity contribution in [3.05, 3.63) is 23.8 Å². The van der Waals surface area contributed by atoms with Crippen LogP contribution in [0.4, 0.5) is 0 Å². The molecular formula is C17H30N2O2. The minimum absolute atomic E-state index is 0.649. The maximum atomic E-state index is 5.64. The first-order valence-corrected chi connectivity index (χ1v) is 7.97. The van der Waals surface area contributed by atoms with Gasteiger partial charge in [-0.15, -0.1) is 0 Å². The Morgan fingerprint density at radius 3 is 2.29 bits per heavy atom. The van der Waals surface area contributed by atoms with E-state index in [0.717, 1.165) is 37.7 Å². The zero-order valence-corrected chi connectivity index (χ0v) is 13.9. The van der Waals surface area contributed by atoms with E-state index >= 15 is 0 Å². The lowest BCUT2D eigenvalue weighted by molar-refractivity contribution is 0.287. The van der Waals surface area contributed by atoms with Gasteiger partial charge in [-0.1, -0.05) is 19.9 Å². The van der Waals surface area contributed by atoms with Crippen LogP contribution in [-0.2, 0) is 6.54 Å². The molecule has 4 heteroatoms. The first-order valence-electron chi connectivity index (χ1n) is 7.97. The zero-order valence-electron chi connectivity index (χ0n) is 13.9. The zero-order chi connectivity index (χ0) is 15.5. The Balaban J connectivity index is 2.39. The highest BCUT2D eigenvalue weighted by Gasteiger charge is 2.05. The largest absolute Gasteiger partial charge is 0.490 e. The Morgan fingerprint density at radius 1 is 0.952 bits per heavy atom. The van der Waals surface area contributed by atoms with Crippen LogP contribution in [0, 0.1) is 5.92 Å². The van der Waals surface area contributed by atoms with Gasteiger partial charge in [0.25, 0.3) is 0 Å². The van der Waals surface area contributed by atoms with Crippen LogP contribution in [-0.4, -0.2) is 32.8 Å². The van der Waals surface area contributed by atoms with Crippen LogP contribution in [0.2, 0.25) is 0 Å². The van der Waals surface area contributed by atoms with Crippen LogP contribution in [0.25, 0.3) is 0 Å². The maximum Gasteiger partial charge on any atom is 0.161 e. The Bertz CT molecular complexity index is 394. The molecule has 0 saturated carbocycles. The van der Waals surface area contributed by atoms with Gasteiger partial charge in [0.1, 0.15) is 0 Å². The van der Waals surface area contributed by atoms with Crippen molar-refractivity contribution in [3.8, 4) is 11.5 Å². The van der Waals surface area contributed by atoms with Gasteiger partial charge in [-0.05, 0) is 44.0 Å². The first kappa shape index (κ1) is 17.8. The van der Waals surface area contributed by atoms with Crippen molar-refractivity contribution in [2.45, 2.75) is 34.2 Å². The van der Waals surface area contributed by atoms with Crippen molar-refractivity contribution in [1.29, 1.82) is 0 Å². The molecule has 0 bridgehead atoms. The van der Waals surface area contributed by atoms with Gasteiger partial charge in [-0.2, -0.15) is 0 Å². The summed E-state index contributed by atoms with van der Waals surface area (Å²) >= 11 is 0. The molecule has 0 heterocycles. The third-order valence-electron chi connectivity index (χ3n) is 2.97. The number of hydrogen-bond donors (Lipinski definition) is 2. The van der Waals surface area contributed by atoms with Crippen LogP contribution in [0.15, 0.2) is 18.2 Å². The fraction of sp³-hybridized carbons (Fsp3) is 0.647. The van der Waals surface area contributed by atoms with Gasteiger partial charge in [-0.25, -0.2) is 0 Å². The lowest BCUT2D eigenvalue weighted by atomic mass is 10.2. The molecular weight excluding hydrogens is 264 g/mol. The molecule has 0 aliphatic rings. The summed E-state index contributed by atoms with van der Waals surface area (Å²) < 4.78 is 11.2. The normalized spacial score (nSPS) is 10.9. The standard InChI is InChI=1S/C17H30N2O2/c1-5-20-16-8-7-15(11-17(16)21-6-2)13-19-10-9-18-12-14(3)4/h7-8,11,14,18-19H,5-6,9-10,12-13H2,1-4H3. The molecule has 0 unspecified atom stereocenters. The van der Waals surface area contributed by atoms with E-state index in [1.54, 1.807) is 0 Å². The second-order valence-corrected chi connectivity index (χ2v) is 5.42. The third-order valence-corrected chi connectivity index (χ3v) is 2.97. The van der Waals surface area contributed by atoms with Crippen LogP contribution < -0.4 is 20.1 Å². The molecule has 0 aliphatic carbocycles. The summed E-state index contributed by atoms with van der Waals surface area (Å²) in [6.45, 7) is 13.6. The van der Waals surface area contributed by atoms with Crippen molar-refractivity contribution in [1.82, 2.24) is 10.6 Å². The summed E-state index contributed by atoms with van der Waals surface area (Å²) in [7, 11) is 0. The van der Waals surface area contributed by atoms with Gasteiger partial charge in [0.2, 0.25) is 0 Å². The second-order valence-electron chi connectivity index (χ2n) is 5.42. The fourth-order valence-electron chi connectivity index (χ4n) is 2.01. The summed E-state index contributed by atoms with van der Waals surface area (Å²) in [5.41, 5.74) is 1.21. The predicted octanol–water partition coefficient (Wildman–Crippen LogP) is 2.82. The molecule has 1 aromatic carbocycles. The summed E-state index contributed by atoms with van der Waals surface area (Å²) in [6, 6.07) is 6.13. The van der Waals surface area contributed by atoms with Crippen molar-refractivity contribution in [3.63, 3.8) is 0 Å². The summed E-state index contributed by atoms with van der Waals surface area (Å²) in [6.07, 6.45) is 0. The Morgan fingerprint density at radius 2 is 1.62 bits per heavy atom. The van der Waals surface area contributed by atoms with Crippen molar-refractivity contribution >= 4 is 0 Å². The van der Waals surface area contributed by atoms with E-state index < -0.39 is 0 Å². The van der Waals surface area contributed by atoms with Crippen molar-refractivity contribution in [2.24, 2.45) is 5.92 Å². The van der Waals surface area contributed by atoms with E-state index in [-0.39, 0.29) is 0 Å². The van der Waals surface area contributed by atoms with E-state index in [4.69, 9.17) is 9.47 Å². The average molecular weight is 294 g/mol. The van der Waals surface area contributed by atoms with Crippen LogP contribution in [0.5, 0.6) is 11.5 Å². The topological polar surface area (TPSA) is 42.5 Å². The lowest BCUT2D eigenvalue weighted by Gasteiger charge is -2.13. The van der Waals surface area contributed by atoms with Gasteiger partial charge in [-0.3, -0.25) is 0 Å². The SMILES string of the molecule is CCOc1ccc(CNCCNCC(C)C)cc1OCC. The minimum atomic E-state index is 0.649. The predicted molar refractivity (Wildman–Crippen MR) is 88.2 cm³/mol. The quantitative estimate of drug-likeness (QED) is 0.616. The summed E-state index contributed by atoms with van der Waals surface area (Å²) in [5.74, 6) is 2.35. The number of ether oxygens (including phenoxy) is 2. The van der Waals surface area contributed by atoms with E-state index in [2.05, 4.69) is 36.6 Å². The van der Waals surface area contributed by atoms with E-state index in [0.29, 0.717) is 19.1 Å². The minimum Gasteiger partial charge on any atom is -0.490 e. The van der Waals surface area contributed by atoms with Crippen molar-refractivity contribution < 1.29 is 9.47 Å². The molecule has 0 aliphatic heterocycles. The number of rotatable bonds is 11. The number of benzene rings is 1. The van der Waals surface area contributed by atoms with Gasteiger partial charge < -0.3 is 20.1 Å². The molecule has 1 aromatic rings. The highest BCUT2D eigenvalue weighted by molar-refractivity contribution is 5.43. The molecule has 0 atom stereocenters. The van der Waals surface area contributed by atoms with Crippen LogP contribution in [0.1, 0.15) is 33.3 Å². The molecule has 0 saturated heterocycles. The Hall–Kier alpha value is -1.26. The molecule has 2 N–H and O–H groups in total. The van der Waals surface area contributed by atoms with Gasteiger partial charge in [0.15, 0.2) is 11.5 Å². The third kappa shape index (κ3) is 7.34. The summed E-state index contributed by atoms with van der Waals surface area (Å²) in [4.78, 5) is 0. The molecule has 1 rings (SSSR count). The highest BCUT2D eigenvalue weighted by Crippen LogP contribution is 2.28. The second kappa shape index (κ2) is 10.5. The molecule has 120 valence electrons. The van der Waals surface area contributed by atoms with Crippen LogP contribution >= 0.6 is 0 Å². The van der Waals surface area contributed by atoms with Crippen LogP contribution in [0.3, 0.4) is 0 Å². The smallest absolute Gasteiger partial charge is 0.161 e. The van der Waals surface area contributed by atoms with E-state index in [1.807, 2.05) is 19.9 Å². The Kier molecular flexibility index (Phi) is 8.87. The fourth-order valence-corrected chi connectivity index (χ4v) is 2.01. The highest BCUT2D eigenvalue weighted by atomic mass is 16.5. The monoisotopic (exact) mass is 294 g/mol. The van der Waals surface area contributed by atoms with Gasteiger partial charge in [0.05, 0.1) is 13.2 Å². The van der Waals surface area contributed by atoms with Gasteiger partial charge >= 0.3 is 0 Å². The molecule has 0 spiro atoms. The Labute approximate surface area is 129 Å². The van der Waals surface area contributed by atoms with Gasteiger partial charge in [0, 0.05) is 19.6 Å². The maximum absolute atomic E-state index is 5.64. The van der Waals surface area contributed by atoms with E-state index in [9.17, 15) is 0 Å². The molecule has 0 amide bonds. The number of nitrogens with one attached hydrogen (secondary N) is 2. The first-order chi connectivity index (χ1) is 10.2. The molecule has 0 fully saturated rings. The average Bonchev–Trinajstić information content (AvgIpc) is 2.45. The molecule has 21 heavy (non-hydrogen) atoms. The lowest BCUT2D eigenvalue weighted by Crippen LogP contribution is -2.29. The summed E-state index contributed by atoms with van der Waals surface area (Å²) in [5, 5.41) is 6.86. The molecule has 0 radical (unpaired) electrons. The number of hydrogen-bond acceptors (Lipinski definition) is 4.